The molecule has 0 saturated carbocycles. The maximum atomic E-state index is 7.49. The highest BCUT2D eigenvalue weighted by molar-refractivity contribution is 7.69. The number of ether oxygens (including phenoxy) is 1. The van der Waals surface area contributed by atoms with Crippen molar-refractivity contribution in [3.63, 3.8) is 0 Å². The first kappa shape index (κ1) is 23.9. The maximum absolute atomic E-state index is 7.49. The van der Waals surface area contributed by atoms with E-state index in [4.69, 9.17) is 9.16 Å². The molecule has 28 heavy (non-hydrogen) atoms. The normalized spacial score (nSPS) is 25.6. The summed E-state index contributed by atoms with van der Waals surface area (Å²) in [6.07, 6.45) is 4.98. The maximum Gasteiger partial charge on any atom is 0.184 e. The molecular weight excluding hydrogens is 409 g/mol. The largest absolute Gasteiger partial charge is 0.497 e. The summed E-state index contributed by atoms with van der Waals surface area (Å²) < 4.78 is 13.0. The Morgan fingerprint density at radius 2 is 1.39 bits per heavy atom. The zero-order valence-corrected chi connectivity index (χ0v) is 24.1. The standard InChI is InChI=1S/C22H42O2Si4/c1-19-13-12-18-28(26(6,7)8,27(9,10)11)22(19,24-25(3,4)5)20-14-16-21(23-2)17-15-20/h12-17,19H,18H2,1-11H3. The van der Waals surface area contributed by atoms with E-state index in [1.165, 1.54) is 11.6 Å². The van der Waals surface area contributed by atoms with E-state index >= 15 is 0 Å². The van der Waals surface area contributed by atoms with E-state index in [1.807, 2.05) is 0 Å². The molecule has 1 aromatic rings. The van der Waals surface area contributed by atoms with Gasteiger partial charge in [-0.3, -0.25) is 0 Å². The number of hydrogen-bond donors (Lipinski definition) is 0. The number of methoxy groups -OCH3 is 1. The Balaban J connectivity index is 2.96. The van der Waals surface area contributed by atoms with Gasteiger partial charge < -0.3 is 9.16 Å². The van der Waals surface area contributed by atoms with Crippen LogP contribution in [0.15, 0.2) is 36.4 Å². The van der Waals surface area contributed by atoms with Crippen molar-refractivity contribution in [2.75, 3.05) is 7.11 Å². The van der Waals surface area contributed by atoms with Crippen LogP contribution in [-0.4, -0.2) is 37.7 Å². The molecule has 2 unspecified atom stereocenters. The summed E-state index contributed by atoms with van der Waals surface area (Å²) in [4.78, 5) is 0. The fourth-order valence-electron chi connectivity index (χ4n) is 6.05. The van der Waals surface area contributed by atoms with Gasteiger partial charge in [0.2, 0.25) is 0 Å². The Morgan fingerprint density at radius 1 is 0.893 bits per heavy atom. The third-order valence-electron chi connectivity index (χ3n) is 6.67. The quantitative estimate of drug-likeness (QED) is 0.351. The van der Waals surface area contributed by atoms with Crippen LogP contribution in [0.1, 0.15) is 12.5 Å². The second kappa shape index (κ2) is 7.69. The Labute approximate surface area is 177 Å². The molecule has 2 nitrogen and oxygen atoms in total. The Kier molecular flexibility index (Phi) is 6.55. The lowest BCUT2D eigenvalue weighted by atomic mass is 9.95. The van der Waals surface area contributed by atoms with Gasteiger partial charge in [0, 0.05) is 21.1 Å². The van der Waals surface area contributed by atoms with E-state index in [0.717, 1.165) is 5.75 Å². The van der Waals surface area contributed by atoms with Crippen molar-refractivity contribution >= 4 is 30.6 Å². The van der Waals surface area contributed by atoms with E-state index in [1.54, 1.807) is 7.11 Å². The molecule has 0 saturated heterocycles. The molecule has 1 aliphatic rings. The average Bonchev–Trinajstić information content (AvgIpc) is 2.53. The van der Waals surface area contributed by atoms with Gasteiger partial charge in [-0.05, 0) is 43.4 Å². The van der Waals surface area contributed by atoms with Crippen molar-refractivity contribution < 1.29 is 9.16 Å². The highest BCUT2D eigenvalue weighted by atomic mass is 29.6. The molecule has 1 heterocycles. The number of benzene rings is 1. The molecule has 2 rings (SSSR count). The van der Waals surface area contributed by atoms with Crippen LogP contribution >= 0.6 is 0 Å². The molecule has 0 amide bonds. The lowest BCUT2D eigenvalue weighted by Crippen LogP contribution is -2.84. The third-order valence-corrected chi connectivity index (χ3v) is 48.2. The predicted molar refractivity (Wildman–Crippen MR) is 135 cm³/mol. The van der Waals surface area contributed by atoms with Crippen LogP contribution < -0.4 is 4.74 Å². The van der Waals surface area contributed by atoms with Crippen molar-refractivity contribution in [1.82, 2.24) is 0 Å². The highest BCUT2D eigenvalue weighted by Crippen LogP contribution is 2.55. The first-order valence-electron chi connectivity index (χ1n) is 10.6. The number of allylic oxidation sites excluding steroid dienone is 1. The van der Waals surface area contributed by atoms with E-state index in [-0.39, 0.29) is 5.22 Å². The summed E-state index contributed by atoms with van der Waals surface area (Å²) >= 11 is 0. The van der Waals surface area contributed by atoms with E-state index < -0.39 is 30.6 Å². The minimum Gasteiger partial charge on any atom is -0.497 e. The van der Waals surface area contributed by atoms with Gasteiger partial charge in [0.1, 0.15) is 5.75 Å². The lowest BCUT2D eigenvalue weighted by Gasteiger charge is -2.65. The Hall–Kier alpha value is -0.412. The van der Waals surface area contributed by atoms with Crippen molar-refractivity contribution in [3.05, 3.63) is 42.0 Å². The van der Waals surface area contributed by atoms with E-state index in [9.17, 15) is 0 Å². The highest BCUT2D eigenvalue weighted by Gasteiger charge is 2.69. The van der Waals surface area contributed by atoms with Gasteiger partial charge in [0.15, 0.2) is 8.32 Å². The van der Waals surface area contributed by atoms with Gasteiger partial charge in [0.25, 0.3) is 0 Å². The summed E-state index contributed by atoms with van der Waals surface area (Å²) in [7, 11) is -4.91. The molecule has 6 heteroatoms. The molecule has 1 aliphatic heterocycles. The molecular formula is C22H42O2Si4. The number of hydrogen-bond acceptors (Lipinski definition) is 2. The van der Waals surface area contributed by atoms with Crippen molar-refractivity contribution in [3.8, 4) is 5.75 Å². The molecule has 0 aromatic heterocycles. The van der Waals surface area contributed by atoms with Crippen molar-refractivity contribution in [2.24, 2.45) is 5.92 Å². The second-order valence-electron chi connectivity index (χ2n) is 11.5. The Morgan fingerprint density at radius 3 is 1.79 bits per heavy atom. The summed E-state index contributed by atoms with van der Waals surface area (Å²) in [5.41, 5.74) is 1.41. The minimum absolute atomic E-state index is 0.132. The van der Waals surface area contributed by atoms with Crippen LogP contribution in [0.5, 0.6) is 5.75 Å². The van der Waals surface area contributed by atoms with Crippen LogP contribution in [-0.2, 0) is 9.65 Å². The van der Waals surface area contributed by atoms with E-state index in [2.05, 4.69) is 102 Å². The van der Waals surface area contributed by atoms with Crippen LogP contribution in [0.2, 0.25) is 65.0 Å². The predicted octanol–water partition coefficient (Wildman–Crippen LogP) is 6.77. The van der Waals surface area contributed by atoms with Gasteiger partial charge in [-0.2, -0.15) is 0 Å². The smallest absolute Gasteiger partial charge is 0.184 e. The SMILES string of the molecule is COc1ccc(C2(O[Si](C)(C)C)C(C)C=CC[Si]2([Si](C)(C)C)[Si](C)(C)C)cc1. The molecule has 0 bridgehead atoms. The van der Waals surface area contributed by atoms with Crippen LogP contribution in [0.25, 0.3) is 0 Å². The molecule has 0 aliphatic carbocycles. The number of rotatable bonds is 6. The second-order valence-corrected chi connectivity index (χ2v) is 43.5. The molecule has 0 N–H and O–H groups in total. The van der Waals surface area contributed by atoms with Gasteiger partial charge >= 0.3 is 0 Å². The first-order valence-corrected chi connectivity index (χ1v) is 25.3. The molecule has 1 aromatic carbocycles. The van der Waals surface area contributed by atoms with E-state index in [0.29, 0.717) is 5.92 Å². The van der Waals surface area contributed by atoms with Crippen LogP contribution in [0, 0.1) is 5.92 Å². The first-order chi connectivity index (χ1) is 12.6. The van der Waals surface area contributed by atoms with Gasteiger partial charge in [-0.25, -0.2) is 0 Å². The summed E-state index contributed by atoms with van der Waals surface area (Å²) in [6, 6.07) is 10.2. The molecule has 2 atom stereocenters. The van der Waals surface area contributed by atoms with Crippen molar-refractivity contribution in [1.29, 1.82) is 0 Å². The summed E-state index contributed by atoms with van der Waals surface area (Å²) in [5.74, 6) is 1.34. The monoisotopic (exact) mass is 450 g/mol. The van der Waals surface area contributed by atoms with Gasteiger partial charge in [-0.1, -0.05) is 70.5 Å². The minimum atomic E-state index is -1.84. The van der Waals surface area contributed by atoms with Crippen molar-refractivity contribution in [2.45, 2.75) is 77.1 Å². The Bertz CT molecular complexity index is 694. The average molecular weight is 451 g/mol. The van der Waals surface area contributed by atoms with Gasteiger partial charge in [0.05, 0.1) is 19.4 Å². The lowest BCUT2D eigenvalue weighted by molar-refractivity contribution is 0.0981. The zero-order valence-electron chi connectivity index (χ0n) is 20.1. The zero-order chi connectivity index (χ0) is 21.6. The summed E-state index contributed by atoms with van der Waals surface area (Å²) in [5, 5.41) is -0.132. The molecule has 158 valence electrons. The van der Waals surface area contributed by atoms with Gasteiger partial charge in [-0.15, -0.1) is 0 Å². The molecule has 0 spiro atoms. The molecule has 0 radical (unpaired) electrons. The summed E-state index contributed by atoms with van der Waals surface area (Å²) in [6.45, 7) is 25.3. The van der Waals surface area contributed by atoms with Crippen LogP contribution in [0.4, 0.5) is 0 Å². The fraction of sp³-hybridized carbons (Fsp3) is 0.636. The molecule has 0 fully saturated rings. The topological polar surface area (TPSA) is 18.5 Å². The third kappa shape index (κ3) is 3.83. The van der Waals surface area contributed by atoms with Crippen LogP contribution in [0.3, 0.4) is 0 Å². The fourth-order valence-corrected chi connectivity index (χ4v) is 58.2.